The summed E-state index contributed by atoms with van der Waals surface area (Å²) in [6, 6.07) is 0. The van der Waals surface area contributed by atoms with Gasteiger partial charge in [0.1, 0.15) is 11.4 Å². The van der Waals surface area contributed by atoms with Gasteiger partial charge in [0.25, 0.3) is 5.91 Å². The average Bonchev–Trinajstić information content (AvgIpc) is 2.78. The van der Waals surface area contributed by atoms with Crippen LogP contribution >= 0.6 is 22.9 Å². The summed E-state index contributed by atoms with van der Waals surface area (Å²) in [6.07, 6.45) is 11.3. The van der Waals surface area contributed by atoms with Crippen molar-refractivity contribution < 1.29 is 4.79 Å². The first-order valence-electron chi connectivity index (χ1n) is 7.95. The maximum atomic E-state index is 11.5. The minimum atomic E-state index is -0.573. The van der Waals surface area contributed by atoms with Gasteiger partial charge in [-0.3, -0.25) is 4.79 Å². The van der Waals surface area contributed by atoms with E-state index in [0.29, 0.717) is 11.6 Å². The normalized spacial score (nSPS) is 17.5. The Morgan fingerprint density at radius 3 is 2.23 bits per heavy atom. The lowest BCUT2D eigenvalue weighted by Gasteiger charge is -2.12. The fraction of sp³-hybridized carbons (Fsp3) is 0.625. The van der Waals surface area contributed by atoms with E-state index in [1.165, 1.54) is 47.8 Å². The van der Waals surface area contributed by atoms with Crippen molar-refractivity contribution in [2.45, 2.75) is 57.8 Å². The van der Waals surface area contributed by atoms with Crippen LogP contribution in [0, 0.1) is 17.8 Å². The number of carbonyl (C=O) groups is 1. The minimum Gasteiger partial charge on any atom is -0.383 e. The molecule has 120 valence electrons. The third-order valence-electron chi connectivity index (χ3n) is 4.13. The second-order valence-electron chi connectivity index (χ2n) is 5.85. The van der Waals surface area contributed by atoms with Crippen LogP contribution in [0.15, 0.2) is 0 Å². The minimum absolute atomic E-state index is 0.238. The molecule has 0 aliphatic heterocycles. The predicted molar refractivity (Wildman–Crippen MR) is 96.5 cm³/mol. The first-order chi connectivity index (χ1) is 10.6. The Bertz CT molecular complexity index is 575. The van der Waals surface area contributed by atoms with E-state index in [0.717, 1.165) is 12.8 Å². The van der Waals surface area contributed by atoms with Crippen LogP contribution in [0.5, 0.6) is 0 Å². The third kappa shape index (κ3) is 4.63. The van der Waals surface area contributed by atoms with Crippen molar-refractivity contribution in [2.24, 2.45) is 11.7 Å². The summed E-state index contributed by atoms with van der Waals surface area (Å²) in [5, 5.41) is 4.20. The number of hydrogen-bond acceptors (Lipinski definition) is 3. The Morgan fingerprint density at radius 1 is 1.14 bits per heavy atom. The average molecular weight is 414 g/mol. The van der Waals surface area contributed by atoms with Crippen LogP contribution in [0.25, 0.3) is 0 Å². The van der Waals surface area contributed by atoms with Crippen LogP contribution in [0.1, 0.15) is 73.8 Å². The van der Waals surface area contributed by atoms with E-state index in [2.05, 4.69) is 16.9 Å². The first-order valence-corrected chi connectivity index (χ1v) is 8.92. The molecule has 22 heavy (non-hydrogen) atoms. The molecule has 0 unspecified atom stereocenters. The molecule has 1 aromatic heterocycles. The highest BCUT2D eigenvalue weighted by Gasteiger charge is 2.18. The number of rotatable bonds is 1. The quantitative estimate of drug-likeness (QED) is 0.546. The summed E-state index contributed by atoms with van der Waals surface area (Å²) in [6.45, 7) is 0. The molecule has 2 rings (SSSR count). The summed E-state index contributed by atoms with van der Waals surface area (Å²) >= 11 is 1.92. The van der Waals surface area contributed by atoms with Crippen molar-refractivity contribution in [3.63, 3.8) is 0 Å². The molecule has 0 radical (unpaired) electrons. The van der Waals surface area contributed by atoms with E-state index < -0.39 is 5.91 Å². The first kappa shape index (κ1) is 17.1. The zero-order chi connectivity index (χ0) is 15.9. The summed E-state index contributed by atoms with van der Waals surface area (Å²) in [7, 11) is 0. The maximum Gasteiger partial charge on any atom is 0.255 e. The highest BCUT2D eigenvalue weighted by Crippen LogP contribution is 2.22. The van der Waals surface area contributed by atoms with Crippen LogP contribution in [-0.2, 0) is 0 Å². The van der Waals surface area contributed by atoms with Crippen molar-refractivity contribution >= 4 is 34.6 Å². The topological polar surface area (TPSA) is 86.9 Å². The van der Waals surface area contributed by atoms with Crippen LogP contribution in [0.2, 0.25) is 0 Å². The summed E-state index contributed by atoms with van der Waals surface area (Å²) in [4.78, 5) is 11.5. The number of anilines is 1. The van der Waals surface area contributed by atoms with Crippen molar-refractivity contribution in [1.29, 1.82) is 0 Å². The molecule has 1 heterocycles. The molecular formula is C16H23IN4O. The molecule has 0 atom stereocenters. The standard InChI is InChI=1S/C16H23IN4O/c17-21-15(18)14(16(19)22)13(20-21)11-10-12-8-6-4-2-1-3-5-7-9-12/h12H,1-9,18H2,(H2,19,22). The molecule has 1 aliphatic carbocycles. The van der Waals surface area contributed by atoms with Crippen LogP contribution in [-0.4, -0.2) is 13.9 Å². The molecule has 6 heteroatoms. The second kappa shape index (κ2) is 8.42. The van der Waals surface area contributed by atoms with Gasteiger partial charge in [-0.25, -0.2) is 0 Å². The van der Waals surface area contributed by atoms with Gasteiger partial charge in [-0.1, -0.05) is 50.9 Å². The molecular weight excluding hydrogens is 391 g/mol. The van der Waals surface area contributed by atoms with Crippen molar-refractivity contribution in [3.05, 3.63) is 11.3 Å². The molecule has 0 spiro atoms. The smallest absolute Gasteiger partial charge is 0.255 e. The van der Waals surface area contributed by atoms with Crippen LogP contribution in [0.3, 0.4) is 0 Å². The summed E-state index contributed by atoms with van der Waals surface area (Å²) < 4.78 is 1.43. The van der Waals surface area contributed by atoms with E-state index in [-0.39, 0.29) is 11.4 Å². The Morgan fingerprint density at radius 2 is 1.68 bits per heavy atom. The van der Waals surface area contributed by atoms with Gasteiger partial charge in [0.05, 0.1) is 22.9 Å². The van der Waals surface area contributed by atoms with Gasteiger partial charge in [0.15, 0.2) is 5.69 Å². The second-order valence-corrected chi connectivity index (χ2v) is 6.77. The van der Waals surface area contributed by atoms with Gasteiger partial charge in [-0.05, 0) is 18.8 Å². The molecule has 1 aliphatic rings. The highest BCUT2D eigenvalue weighted by atomic mass is 127. The Labute approximate surface area is 145 Å². The van der Waals surface area contributed by atoms with E-state index in [9.17, 15) is 4.79 Å². The molecule has 0 bridgehead atoms. The number of primary amides is 1. The fourth-order valence-corrected chi connectivity index (χ4v) is 3.32. The van der Waals surface area contributed by atoms with Crippen molar-refractivity contribution in [2.75, 3.05) is 5.73 Å². The van der Waals surface area contributed by atoms with Gasteiger partial charge in [-0.2, -0.15) is 7.99 Å². The number of hydrogen-bond donors (Lipinski definition) is 2. The molecule has 1 fully saturated rings. The lowest BCUT2D eigenvalue weighted by atomic mass is 9.92. The number of carbonyl (C=O) groups excluding carboxylic acids is 1. The predicted octanol–water partition coefficient (Wildman–Crippen LogP) is 3.25. The van der Waals surface area contributed by atoms with Gasteiger partial charge in [0.2, 0.25) is 0 Å². The van der Waals surface area contributed by atoms with Crippen molar-refractivity contribution in [1.82, 2.24) is 7.99 Å². The number of aromatic nitrogens is 2. The molecule has 4 N–H and O–H groups in total. The number of nitrogen functional groups attached to an aromatic ring is 1. The zero-order valence-electron chi connectivity index (χ0n) is 12.8. The van der Waals surface area contributed by atoms with Gasteiger partial charge >= 0.3 is 0 Å². The van der Waals surface area contributed by atoms with E-state index >= 15 is 0 Å². The van der Waals surface area contributed by atoms with Gasteiger partial charge in [-0.15, -0.1) is 0 Å². The SMILES string of the molecule is NC(=O)c1c(C#CC2CCCCCCCCC2)nn(I)c1N. The van der Waals surface area contributed by atoms with Crippen molar-refractivity contribution in [3.8, 4) is 11.8 Å². The molecule has 5 nitrogen and oxygen atoms in total. The molecule has 1 amide bonds. The number of amides is 1. The van der Waals surface area contributed by atoms with E-state index in [4.69, 9.17) is 11.5 Å². The monoisotopic (exact) mass is 414 g/mol. The third-order valence-corrected chi connectivity index (χ3v) is 4.86. The van der Waals surface area contributed by atoms with E-state index in [1.54, 1.807) is 0 Å². The van der Waals surface area contributed by atoms with Gasteiger partial charge < -0.3 is 11.5 Å². The molecule has 0 saturated heterocycles. The van der Waals surface area contributed by atoms with Gasteiger partial charge in [0, 0.05) is 5.92 Å². The fourth-order valence-electron chi connectivity index (χ4n) is 2.86. The lowest BCUT2D eigenvalue weighted by molar-refractivity contribution is 0.100. The Kier molecular flexibility index (Phi) is 6.55. The summed E-state index contributed by atoms with van der Waals surface area (Å²) in [5.74, 6) is 6.41. The number of nitrogens with two attached hydrogens (primary N) is 2. The highest BCUT2D eigenvalue weighted by molar-refractivity contribution is 14.1. The van der Waals surface area contributed by atoms with E-state index in [1.807, 2.05) is 22.9 Å². The number of halogens is 1. The number of nitrogens with zero attached hydrogens (tertiary/aromatic N) is 2. The molecule has 0 aromatic carbocycles. The molecule has 1 aromatic rings. The van der Waals surface area contributed by atoms with Crippen LogP contribution < -0.4 is 11.5 Å². The zero-order valence-corrected chi connectivity index (χ0v) is 14.9. The summed E-state index contributed by atoms with van der Waals surface area (Å²) in [5.41, 5.74) is 11.8. The molecule has 1 saturated carbocycles. The van der Waals surface area contributed by atoms with Crippen LogP contribution in [0.4, 0.5) is 5.82 Å². The lowest BCUT2D eigenvalue weighted by Crippen LogP contribution is -2.14. The largest absolute Gasteiger partial charge is 0.383 e. The maximum absolute atomic E-state index is 11.5. The Hall–Kier alpha value is -1.23. The Balaban J connectivity index is 2.13.